The zero-order valence-corrected chi connectivity index (χ0v) is 9.30. The predicted octanol–water partition coefficient (Wildman–Crippen LogP) is 4.49. The summed E-state index contributed by atoms with van der Waals surface area (Å²) in [5.74, 6) is 0. The Kier molecular flexibility index (Phi) is 3.76. The zero-order valence-electron chi connectivity index (χ0n) is 6.97. The highest BCUT2D eigenvalue weighted by molar-refractivity contribution is 7.99. The van der Waals surface area contributed by atoms with Gasteiger partial charge in [0.15, 0.2) is 0 Å². The molecule has 0 fully saturated rings. The summed E-state index contributed by atoms with van der Waals surface area (Å²) >= 11 is 13.4. The molecule has 0 nitrogen and oxygen atoms in total. The Labute approximate surface area is 87.3 Å². The number of benzene rings is 1. The quantitative estimate of drug-likeness (QED) is 0.663. The van der Waals surface area contributed by atoms with Gasteiger partial charge in [-0.3, -0.25) is 0 Å². The lowest BCUT2D eigenvalue weighted by atomic mass is 10.4. The van der Waals surface area contributed by atoms with E-state index in [0.29, 0.717) is 15.3 Å². The van der Waals surface area contributed by atoms with E-state index < -0.39 is 0 Å². The van der Waals surface area contributed by atoms with Crippen molar-refractivity contribution in [2.24, 2.45) is 0 Å². The van der Waals surface area contributed by atoms with Crippen LogP contribution in [0.2, 0.25) is 10.0 Å². The second-order valence-corrected chi connectivity index (χ2v) is 5.29. The molecule has 1 aromatic rings. The molecule has 1 rings (SSSR count). The van der Waals surface area contributed by atoms with Crippen molar-refractivity contribution in [3.05, 3.63) is 28.2 Å². The van der Waals surface area contributed by atoms with Crippen molar-refractivity contribution in [1.82, 2.24) is 0 Å². The van der Waals surface area contributed by atoms with Crippen LogP contribution in [0.4, 0.5) is 0 Å². The van der Waals surface area contributed by atoms with Crippen LogP contribution in [0.15, 0.2) is 23.1 Å². The molecule has 0 N–H and O–H groups in total. The summed E-state index contributed by atoms with van der Waals surface area (Å²) in [4.78, 5) is 1.13. The first-order valence-electron chi connectivity index (χ1n) is 3.70. The Bertz CT molecular complexity index is 251. The molecule has 0 heterocycles. The van der Waals surface area contributed by atoms with Crippen LogP contribution in [0.25, 0.3) is 0 Å². The van der Waals surface area contributed by atoms with Crippen LogP contribution >= 0.6 is 35.0 Å². The highest BCUT2D eigenvalue weighted by Crippen LogP contribution is 2.28. The fourth-order valence-corrected chi connectivity index (χ4v) is 2.46. The summed E-state index contributed by atoms with van der Waals surface area (Å²) in [6.45, 7) is 4.28. The van der Waals surface area contributed by atoms with Crippen LogP contribution in [0, 0.1) is 0 Å². The molecule has 0 unspecified atom stereocenters. The van der Waals surface area contributed by atoms with Crippen LogP contribution in [0.5, 0.6) is 0 Å². The van der Waals surface area contributed by atoms with Gasteiger partial charge in [0.25, 0.3) is 0 Å². The molecular formula is C9H10Cl2S. The van der Waals surface area contributed by atoms with Crippen LogP contribution in [0.3, 0.4) is 0 Å². The van der Waals surface area contributed by atoms with E-state index in [-0.39, 0.29) is 0 Å². The van der Waals surface area contributed by atoms with Crippen LogP contribution in [-0.2, 0) is 0 Å². The zero-order chi connectivity index (χ0) is 9.14. The molecular weight excluding hydrogens is 211 g/mol. The Hall–Kier alpha value is 0.150. The standard InChI is InChI=1S/C9H10Cl2S/c1-6(2)12-9-4-7(10)3-8(11)5-9/h3-6H,1-2H3. The van der Waals surface area contributed by atoms with Gasteiger partial charge in [0.05, 0.1) is 0 Å². The van der Waals surface area contributed by atoms with E-state index in [1.165, 1.54) is 0 Å². The molecule has 3 heteroatoms. The van der Waals surface area contributed by atoms with Crippen LogP contribution < -0.4 is 0 Å². The predicted molar refractivity (Wildman–Crippen MR) is 57.5 cm³/mol. The first-order valence-corrected chi connectivity index (χ1v) is 5.34. The highest BCUT2D eigenvalue weighted by atomic mass is 35.5. The summed E-state index contributed by atoms with van der Waals surface area (Å²) in [6.07, 6.45) is 0. The van der Waals surface area contributed by atoms with Crippen molar-refractivity contribution in [2.45, 2.75) is 24.0 Å². The van der Waals surface area contributed by atoms with Gasteiger partial charge < -0.3 is 0 Å². The van der Waals surface area contributed by atoms with Crippen molar-refractivity contribution in [3.63, 3.8) is 0 Å². The monoisotopic (exact) mass is 220 g/mol. The van der Waals surface area contributed by atoms with E-state index in [2.05, 4.69) is 13.8 Å². The third kappa shape index (κ3) is 3.26. The Morgan fingerprint density at radius 2 is 1.58 bits per heavy atom. The largest absolute Gasteiger partial charge is 0.123 e. The summed E-state index contributed by atoms with van der Waals surface area (Å²) in [5, 5.41) is 1.95. The third-order valence-electron chi connectivity index (χ3n) is 1.21. The fraction of sp³-hybridized carbons (Fsp3) is 0.333. The first kappa shape index (κ1) is 10.2. The van der Waals surface area contributed by atoms with E-state index in [4.69, 9.17) is 23.2 Å². The fourth-order valence-electron chi connectivity index (χ4n) is 0.869. The van der Waals surface area contributed by atoms with Crippen molar-refractivity contribution >= 4 is 35.0 Å². The number of hydrogen-bond donors (Lipinski definition) is 0. The molecule has 1 aromatic carbocycles. The minimum Gasteiger partial charge on any atom is -0.123 e. The van der Waals surface area contributed by atoms with Gasteiger partial charge in [0, 0.05) is 20.2 Å². The average Bonchev–Trinajstić information content (AvgIpc) is 1.81. The maximum Gasteiger partial charge on any atom is 0.0431 e. The van der Waals surface area contributed by atoms with Crippen molar-refractivity contribution in [2.75, 3.05) is 0 Å². The average molecular weight is 221 g/mol. The molecule has 0 aromatic heterocycles. The molecule has 0 radical (unpaired) electrons. The molecule has 0 spiro atoms. The smallest absolute Gasteiger partial charge is 0.0431 e. The molecule has 66 valence electrons. The third-order valence-corrected chi connectivity index (χ3v) is 2.62. The lowest BCUT2D eigenvalue weighted by molar-refractivity contribution is 1.11. The molecule has 0 atom stereocenters. The Morgan fingerprint density at radius 1 is 1.08 bits per heavy atom. The van der Waals surface area contributed by atoms with Crippen molar-refractivity contribution in [1.29, 1.82) is 0 Å². The number of thioether (sulfide) groups is 1. The van der Waals surface area contributed by atoms with Gasteiger partial charge in [-0.2, -0.15) is 0 Å². The molecule has 0 saturated carbocycles. The van der Waals surface area contributed by atoms with E-state index in [9.17, 15) is 0 Å². The maximum atomic E-state index is 5.84. The van der Waals surface area contributed by atoms with Crippen LogP contribution in [-0.4, -0.2) is 5.25 Å². The van der Waals surface area contributed by atoms with E-state index in [0.717, 1.165) is 4.90 Å². The molecule has 0 aliphatic rings. The maximum absolute atomic E-state index is 5.84. The van der Waals surface area contributed by atoms with Gasteiger partial charge >= 0.3 is 0 Å². The van der Waals surface area contributed by atoms with Crippen molar-refractivity contribution in [3.8, 4) is 0 Å². The summed E-state index contributed by atoms with van der Waals surface area (Å²) in [6, 6.07) is 5.60. The lowest BCUT2D eigenvalue weighted by Gasteiger charge is -2.05. The Morgan fingerprint density at radius 3 is 2.00 bits per heavy atom. The Balaban J connectivity index is 2.85. The minimum absolute atomic E-state index is 0.555. The van der Waals surface area contributed by atoms with Gasteiger partial charge in [0.2, 0.25) is 0 Å². The molecule has 12 heavy (non-hydrogen) atoms. The minimum atomic E-state index is 0.555. The molecule has 0 saturated heterocycles. The molecule has 0 aliphatic carbocycles. The lowest BCUT2D eigenvalue weighted by Crippen LogP contribution is -1.85. The second-order valence-electron chi connectivity index (χ2n) is 2.77. The van der Waals surface area contributed by atoms with E-state index >= 15 is 0 Å². The van der Waals surface area contributed by atoms with Gasteiger partial charge in [-0.1, -0.05) is 37.0 Å². The highest BCUT2D eigenvalue weighted by Gasteiger charge is 2.00. The molecule has 0 aliphatic heterocycles. The number of hydrogen-bond acceptors (Lipinski definition) is 1. The molecule has 0 bridgehead atoms. The van der Waals surface area contributed by atoms with Crippen molar-refractivity contribution < 1.29 is 0 Å². The SMILES string of the molecule is CC(C)Sc1cc(Cl)cc(Cl)c1. The summed E-state index contributed by atoms with van der Waals surface area (Å²) in [5.41, 5.74) is 0. The van der Waals surface area contributed by atoms with E-state index in [1.54, 1.807) is 17.8 Å². The number of halogens is 2. The number of rotatable bonds is 2. The topological polar surface area (TPSA) is 0 Å². The summed E-state index contributed by atoms with van der Waals surface area (Å²) in [7, 11) is 0. The van der Waals surface area contributed by atoms with Gasteiger partial charge in [-0.25, -0.2) is 0 Å². The van der Waals surface area contributed by atoms with Gasteiger partial charge in [0.1, 0.15) is 0 Å². The first-order chi connectivity index (χ1) is 5.58. The normalized spacial score (nSPS) is 10.8. The van der Waals surface area contributed by atoms with Gasteiger partial charge in [-0.05, 0) is 18.2 Å². The van der Waals surface area contributed by atoms with Gasteiger partial charge in [-0.15, -0.1) is 11.8 Å². The van der Waals surface area contributed by atoms with E-state index in [1.807, 2.05) is 12.1 Å². The molecule has 0 amide bonds. The second kappa shape index (κ2) is 4.40. The summed E-state index contributed by atoms with van der Waals surface area (Å²) < 4.78 is 0. The van der Waals surface area contributed by atoms with Crippen LogP contribution in [0.1, 0.15) is 13.8 Å².